The standard InChI is InChI=1S/C6H13N.C5H13N/c7-6-4-2-1-3-5-6;1-4(2)5(3)6/h6H,1-5,7H2;4-5H,6H2,1-3H3. The summed E-state index contributed by atoms with van der Waals surface area (Å²) in [4.78, 5) is 0. The molecule has 0 saturated heterocycles. The molecule has 2 heteroatoms. The second-order valence-corrected chi connectivity index (χ2v) is 4.50. The molecule has 1 unspecified atom stereocenters. The Balaban J connectivity index is 0.000000226. The predicted molar refractivity (Wildman–Crippen MR) is 59.5 cm³/mol. The van der Waals surface area contributed by atoms with Gasteiger partial charge in [-0.3, -0.25) is 0 Å². The highest BCUT2D eigenvalue weighted by Crippen LogP contribution is 2.14. The van der Waals surface area contributed by atoms with E-state index in [2.05, 4.69) is 13.8 Å². The van der Waals surface area contributed by atoms with E-state index in [9.17, 15) is 0 Å². The molecule has 1 aliphatic rings. The van der Waals surface area contributed by atoms with Crippen LogP contribution in [0.15, 0.2) is 0 Å². The lowest BCUT2D eigenvalue weighted by Crippen LogP contribution is -2.22. The number of hydrogen-bond donors (Lipinski definition) is 2. The first kappa shape index (κ1) is 12.9. The van der Waals surface area contributed by atoms with Gasteiger partial charge in [0.15, 0.2) is 0 Å². The molecule has 0 spiro atoms. The molecule has 4 N–H and O–H groups in total. The van der Waals surface area contributed by atoms with E-state index in [1.54, 1.807) is 0 Å². The van der Waals surface area contributed by atoms with E-state index in [1.807, 2.05) is 6.92 Å². The van der Waals surface area contributed by atoms with Crippen LogP contribution >= 0.6 is 0 Å². The van der Waals surface area contributed by atoms with Crippen LogP contribution in [0.2, 0.25) is 0 Å². The van der Waals surface area contributed by atoms with Crippen molar-refractivity contribution in [2.24, 2.45) is 17.4 Å². The molecule has 0 amide bonds. The van der Waals surface area contributed by atoms with E-state index in [0.717, 1.165) is 0 Å². The molecule has 1 atom stereocenters. The molecule has 1 saturated carbocycles. The van der Waals surface area contributed by atoms with Crippen LogP contribution in [0.4, 0.5) is 0 Å². The molecular formula is C11H26N2. The summed E-state index contributed by atoms with van der Waals surface area (Å²) in [5.74, 6) is 0.630. The first-order valence-electron chi connectivity index (χ1n) is 5.55. The van der Waals surface area contributed by atoms with Gasteiger partial charge >= 0.3 is 0 Å². The number of hydrogen-bond acceptors (Lipinski definition) is 2. The van der Waals surface area contributed by atoms with Gasteiger partial charge in [0.1, 0.15) is 0 Å². The zero-order chi connectivity index (χ0) is 10.3. The Morgan fingerprint density at radius 3 is 1.54 bits per heavy atom. The molecule has 1 fully saturated rings. The lowest BCUT2D eigenvalue weighted by atomic mass is 9.97. The lowest BCUT2D eigenvalue weighted by Gasteiger charge is -2.15. The fourth-order valence-electron chi connectivity index (χ4n) is 1.13. The van der Waals surface area contributed by atoms with Gasteiger partial charge in [0.05, 0.1) is 0 Å². The van der Waals surface area contributed by atoms with E-state index >= 15 is 0 Å². The van der Waals surface area contributed by atoms with Gasteiger partial charge in [-0.2, -0.15) is 0 Å². The minimum absolute atomic E-state index is 0.352. The third-order valence-electron chi connectivity index (χ3n) is 2.70. The summed E-state index contributed by atoms with van der Waals surface area (Å²) in [7, 11) is 0. The quantitative estimate of drug-likeness (QED) is 0.660. The maximum atomic E-state index is 5.63. The van der Waals surface area contributed by atoms with Crippen LogP contribution in [0.1, 0.15) is 52.9 Å². The van der Waals surface area contributed by atoms with Crippen molar-refractivity contribution in [1.29, 1.82) is 0 Å². The molecule has 0 aromatic heterocycles. The molecule has 0 bridgehead atoms. The fourth-order valence-corrected chi connectivity index (χ4v) is 1.13. The number of rotatable bonds is 1. The van der Waals surface area contributed by atoms with Gasteiger partial charge in [-0.15, -0.1) is 0 Å². The summed E-state index contributed by atoms with van der Waals surface area (Å²) in [5.41, 5.74) is 11.1. The SMILES string of the molecule is CC(C)C(C)N.NC1CCCCC1. The molecule has 1 aliphatic carbocycles. The normalized spacial score (nSPS) is 20.8. The Hall–Kier alpha value is -0.0800. The summed E-state index contributed by atoms with van der Waals surface area (Å²) >= 11 is 0. The molecule has 0 aromatic rings. The Bertz CT molecular complexity index is 98.7. The molecular weight excluding hydrogens is 160 g/mol. The Morgan fingerprint density at radius 2 is 1.38 bits per heavy atom. The third kappa shape index (κ3) is 8.26. The topological polar surface area (TPSA) is 52.0 Å². The average Bonchev–Trinajstić information content (AvgIpc) is 2.06. The van der Waals surface area contributed by atoms with Crippen molar-refractivity contribution in [2.45, 2.75) is 65.0 Å². The zero-order valence-corrected chi connectivity index (χ0v) is 9.42. The monoisotopic (exact) mass is 186 g/mol. The second-order valence-electron chi connectivity index (χ2n) is 4.50. The highest BCUT2D eigenvalue weighted by Gasteiger charge is 2.06. The van der Waals surface area contributed by atoms with Gasteiger partial charge in [-0.25, -0.2) is 0 Å². The minimum atomic E-state index is 0.352. The molecule has 0 radical (unpaired) electrons. The van der Waals surface area contributed by atoms with Crippen molar-refractivity contribution in [3.05, 3.63) is 0 Å². The van der Waals surface area contributed by atoms with Crippen molar-refractivity contribution in [2.75, 3.05) is 0 Å². The Morgan fingerprint density at radius 1 is 1.00 bits per heavy atom. The number of nitrogens with two attached hydrogens (primary N) is 2. The molecule has 2 nitrogen and oxygen atoms in total. The summed E-state index contributed by atoms with van der Waals surface area (Å²) < 4.78 is 0. The van der Waals surface area contributed by atoms with Crippen LogP contribution in [0.5, 0.6) is 0 Å². The van der Waals surface area contributed by atoms with Crippen LogP contribution in [-0.2, 0) is 0 Å². The van der Waals surface area contributed by atoms with E-state index < -0.39 is 0 Å². The van der Waals surface area contributed by atoms with Crippen molar-refractivity contribution in [3.63, 3.8) is 0 Å². The average molecular weight is 186 g/mol. The highest BCUT2D eigenvalue weighted by molar-refractivity contribution is 4.66. The maximum absolute atomic E-state index is 5.63. The van der Waals surface area contributed by atoms with E-state index in [4.69, 9.17) is 11.5 Å². The lowest BCUT2D eigenvalue weighted by molar-refractivity contribution is 0.441. The Labute approximate surface area is 83.1 Å². The molecule has 0 aromatic carbocycles. The Kier molecular flexibility index (Phi) is 7.29. The van der Waals surface area contributed by atoms with Crippen LogP contribution in [0.25, 0.3) is 0 Å². The van der Waals surface area contributed by atoms with Crippen molar-refractivity contribution in [3.8, 4) is 0 Å². The first-order chi connectivity index (χ1) is 6.04. The van der Waals surface area contributed by atoms with Crippen LogP contribution in [-0.4, -0.2) is 12.1 Å². The summed E-state index contributed by atoms with van der Waals surface area (Å²) in [6, 6.07) is 0.888. The van der Waals surface area contributed by atoms with Gasteiger partial charge in [-0.1, -0.05) is 33.1 Å². The van der Waals surface area contributed by atoms with Gasteiger partial charge < -0.3 is 11.5 Å². The zero-order valence-electron chi connectivity index (χ0n) is 9.42. The molecule has 0 aliphatic heterocycles. The maximum Gasteiger partial charge on any atom is 0.00388 e. The molecule has 13 heavy (non-hydrogen) atoms. The van der Waals surface area contributed by atoms with E-state index in [0.29, 0.717) is 18.0 Å². The summed E-state index contributed by atoms with van der Waals surface area (Å²) in [5, 5.41) is 0. The fraction of sp³-hybridized carbons (Fsp3) is 1.00. The van der Waals surface area contributed by atoms with Gasteiger partial charge in [0.25, 0.3) is 0 Å². The van der Waals surface area contributed by atoms with E-state index in [1.165, 1.54) is 32.1 Å². The van der Waals surface area contributed by atoms with Gasteiger partial charge in [0, 0.05) is 12.1 Å². The smallest absolute Gasteiger partial charge is 0.00388 e. The van der Waals surface area contributed by atoms with E-state index in [-0.39, 0.29) is 0 Å². The van der Waals surface area contributed by atoms with Crippen molar-refractivity contribution in [1.82, 2.24) is 0 Å². The van der Waals surface area contributed by atoms with Crippen LogP contribution in [0.3, 0.4) is 0 Å². The second kappa shape index (κ2) is 7.34. The molecule has 1 rings (SSSR count). The molecule has 80 valence electrons. The predicted octanol–water partition coefficient (Wildman–Crippen LogP) is 2.27. The van der Waals surface area contributed by atoms with Crippen LogP contribution < -0.4 is 11.5 Å². The van der Waals surface area contributed by atoms with Crippen molar-refractivity contribution >= 4 is 0 Å². The van der Waals surface area contributed by atoms with Crippen LogP contribution in [0, 0.1) is 5.92 Å². The minimum Gasteiger partial charge on any atom is -0.328 e. The largest absolute Gasteiger partial charge is 0.328 e. The van der Waals surface area contributed by atoms with Gasteiger partial charge in [0.2, 0.25) is 0 Å². The summed E-state index contributed by atoms with van der Waals surface area (Å²) in [6.45, 7) is 6.25. The first-order valence-corrected chi connectivity index (χ1v) is 5.55. The molecule has 0 heterocycles. The van der Waals surface area contributed by atoms with Gasteiger partial charge in [-0.05, 0) is 25.7 Å². The third-order valence-corrected chi connectivity index (χ3v) is 2.70. The highest BCUT2D eigenvalue weighted by atomic mass is 14.6. The van der Waals surface area contributed by atoms with Crippen molar-refractivity contribution < 1.29 is 0 Å². The summed E-state index contributed by atoms with van der Waals surface area (Å²) in [6.07, 6.45) is 6.66.